The fourth-order valence-corrected chi connectivity index (χ4v) is 2.79. The molecular weight excluding hydrogens is 307 g/mol. The molecule has 1 aliphatic rings. The molecule has 0 saturated carbocycles. The largest absolute Gasteiger partial charge is 1.00 e. The van der Waals surface area contributed by atoms with Crippen molar-refractivity contribution >= 4 is 27.5 Å². The van der Waals surface area contributed by atoms with E-state index in [4.69, 9.17) is 0 Å². The van der Waals surface area contributed by atoms with Gasteiger partial charge in [-0.25, -0.2) is 8.42 Å². The van der Waals surface area contributed by atoms with Gasteiger partial charge in [0.2, 0.25) is 0 Å². The third kappa shape index (κ3) is 5.78. The molecule has 0 aromatic carbocycles. The van der Waals surface area contributed by atoms with Crippen LogP contribution in [-0.4, -0.2) is 47.3 Å². The maximum atomic E-state index is 10.6. The van der Waals surface area contributed by atoms with E-state index >= 15 is 0 Å². The molecule has 0 aliphatic carbocycles. The van der Waals surface area contributed by atoms with Crippen LogP contribution >= 0.6 is 0 Å². The van der Waals surface area contributed by atoms with Gasteiger partial charge in [-0.05, 0) is 31.8 Å². The first-order valence-corrected chi connectivity index (χ1v) is 7.94. The van der Waals surface area contributed by atoms with Gasteiger partial charge in [0.25, 0.3) is 0 Å². The monoisotopic (exact) mass is 326 g/mol. The number of hydrogen-bond donors (Lipinski definition) is 0. The van der Waals surface area contributed by atoms with E-state index in [0.717, 1.165) is 11.4 Å². The number of hydrazone groups is 1. The molecule has 9 heteroatoms. The number of nitrogens with zero attached hydrogens (tertiary/aromatic N) is 2. The van der Waals surface area contributed by atoms with Crippen molar-refractivity contribution in [1.82, 2.24) is 0 Å². The van der Waals surface area contributed by atoms with Gasteiger partial charge in [-0.2, -0.15) is 0 Å². The summed E-state index contributed by atoms with van der Waals surface area (Å²) in [7, 11) is -4.21. The van der Waals surface area contributed by atoms with Gasteiger partial charge in [-0.3, -0.25) is 0 Å². The van der Waals surface area contributed by atoms with Crippen LogP contribution in [0.3, 0.4) is 0 Å². The quantitative estimate of drug-likeness (QED) is 0.272. The minimum absolute atomic E-state index is 0. The molecule has 1 rings (SSSR count). The van der Waals surface area contributed by atoms with Gasteiger partial charge in [-0.1, -0.05) is 4.68 Å². The van der Waals surface area contributed by atoms with Crippen LogP contribution < -0.4 is 34.7 Å². The van der Waals surface area contributed by atoms with Crippen LogP contribution in [-0.2, 0) is 14.9 Å². The average molecular weight is 326 g/mol. The number of carboxylic acid groups (broad SMARTS) is 1. The van der Waals surface area contributed by atoms with Crippen LogP contribution in [0.1, 0.15) is 40.0 Å². The Morgan fingerprint density at radius 3 is 2.43 bits per heavy atom. The van der Waals surface area contributed by atoms with E-state index in [0.29, 0.717) is 6.42 Å². The summed E-state index contributed by atoms with van der Waals surface area (Å²) in [5.74, 6) is -1.54. The SMILES string of the molecule is CC1=N[N+](CCC(=O)[O-])=C(C)C1(C)CCCS(=O)(=O)[O-].[Na+]. The maximum absolute atomic E-state index is 10.6. The number of carbonyl (C=O) groups is 1. The van der Waals surface area contributed by atoms with E-state index in [1.165, 1.54) is 0 Å². The van der Waals surface area contributed by atoms with Crippen LogP contribution in [0.4, 0.5) is 0 Å². The number of rotatable bonds is 7. The van der Waals surface area contributed by atoms with Crippen LogP contribution in [0, 0.1) is 5.41 Å². The first kappa shape index (κ1) is 20.7. The van der Waals surface area contributed by atoms with E-state index in [2.05, 4.69) is 5.10 Å². The second-order valence-corrected chi connectivity index (χ2v) is 6.74. The van der Waals surface area contributed by atoms with Gasteiger partial charge >= 0.3 is 29.6 Å². The Balaban J connectivity index is 0.00000400. The second-order valence-electron chi connectivity index (χ2n) is 5.21. The molecule has 1 unspecified atom stereocenters. The van der Waals surface area contributed by atoms with E-state index in [-0.39, 0.29) is 48.9 Å². The van der Waals surface area contributed by atoms with E-state index < -0.39 is 27.3 Å². The molecule has 0 aromatic heterocycles. The zero-order valence-corrected chi connectivity index (χ0v) is 15.7. The third-order valence-corrected chi connectivity index (χ3v) is 4.64. The van der Waals surface area contributed by atoms with Gasteiger partial charge in [0.1, 0.15) is 0 Å². The third-order valence-electron chi connectivity index (χ3n) is 3.85. The summed E-state index contributed by atoms with van der Waals surface area (Å²) in [5.41, 5.74) is 1.22. The van der Waals surface area contributed by atoms with E-state index in [9.17, 15) is 22.9 Å². The fourth-order valence-electron chi connectivity index (χ4n) is 2.29. The molecule has 0 saturated heterocycles. The molecule has 21 heavy (non-hydrogen) atoms. The van der Waals surface area contributed by atoms with Crippen LogP contribution in [0.2, 0.25) is 0 Å². The van der Waals surface area contributed by atoms with Crippen molar-refractivity contribution in [2.24, 2.45) is 10.5 Å². The van der Waals surface area contributed by atoms with Crippen molar-refractivity contribution in [2.75, 3.05) is 12.3 Å². The van der Waals surface area contributed by atoms with Gasteiger partial charge in [0.15, 0.2) is 12.3 Å². The zero-order chi connectivity index (χ0) is 15.6. The maximum Gasteiger partial charge on any atom is 1.00 e. The summed E-state index contributed by atoms with van der Waals surface area (Å²) < 4.78 is 33.5. The number of carboxylic acids is 1. The second kappa shape index (κ2) is 7.82. The predicted molar refractivity (Wildman–Crippen MR) is 70.4 cm³/mol. The summed E-state index contributed by atoms with van der Waals surface area (Å²) in [6, 6.07) is 0. The summed E-state index contributed by atoms with van der Waals surface area (Å²) >= 11 is 0. The summed E-state index contributed by atoms with van der Waals surface area (Å²) in [4.78, 5) is 10.5. The summed E-state index contributed by atoms with van der Waals surface area (Å²) in [6.45, 7) is 5.79. The van der Waals surface area contributed by atoms with Gasteiger partial charge in [0.05, 0.1) is 21.2 Å². The Morgan fingerprint density at radius 1 is 1.38 bits per heavy atom. The number of aliphatic carboxylic acids is 1. The van der Waals surface area contributed by atoms with Gasteiger partial charge in [-0.15, -0.1) is 0 Å². The molecule has 1 aliphatic heterocycles. The van der Waals surface area contributed by atoms with Crippen LogP contribution in [0.5, 0.6) is 0 Å². The normalized spacial score (nSPS) is 22.0. The van der Waals surface area contributed by atoms with Crippen molar-refractivity contribution < 1.29 is 57.1 Å². The Bertz CT molecular complexity index is 570. The molecule has 114 valence electrons. The zero-order valence-electron chi connectivity index (χ0n) is 12.9. The van der Waals surface area contributed by atoms with Crippen molar-refractivity contribution in [3.8, 4) is 0 Å². The number of hydrogen-bond acceptors (Lipinski definition) is 6. The molecule has 0 bridgehead atoms. The molecule has 7 nitrogen and oxygen atoms in total. The molecule has 1 atom stereocenters. The topological polar surface area (TPSA) is 113 Å². The van der Waals surface area contributed by atoms with Gasteiger partial charge < -0.3 is 14.5 Å². The van der Waals surface area contributed by atoms with Crippen molar-refractivity contribution in [1.29, 1.82) is 0 Å². The van der Waals surface area contributed by atoms with E-state index in [1.807, 2.05) is 20.8 Å². The minimum atomic E-state index is -4.21. The van der Waals surface area contributed by atoms with Crippen molar-refractivity contribution in [3.05, 3.63) is 0 Å². The van der Waals surface area contributed by atoms with Crippen molar-refractivity contribution in [2.45, 2.75) is 40.0 Å². The first-order chi connectivity index (χ1) is 9.06. The van der Waals surface area contributed by atoms with Crippen molar-refractivity contribution in [3.63, 3.8) is 0 Å². The fraction of sp³-hybridized carbons (Fsp3) is 0.750. The van der Waals surface area contributed by atoms with Gasteiger partial charge in [0, 0.05) is 25.1 Å². The molecule has 0 aromatic rings. The minimum Gasteiger partial charge on any atom is -0.748 e. The molecule has 0 spiro atoms. The smallest absolute Gasteiger partial charge is 0.748 e. The Hall–Kier alpha value is -0.280. The molecule has 1 heterocycles. The summed E-state index contributed by atoms with van der Waals surface area (Å²) in [5, 5.41) is 14.8. The summed E-state index contributed by atoms with van der Waals surface area (Å²) in [6.07, 6.45) is 0.609. The molecule has 0 N–H and O–H groups in total. The standard InChI is InChI=1S/C12H20N2O5S.Na/c1-9-12(3,6-4-8-20(17,18)19)10(2)14(13-9)7-5-11(15)16;/h4-8H2,1-3H3,(H-,15,16,17,18,19);/q;+1/p-1. The average Bonchev–Trinajstić information content (AvgIpc) is 2.50. The first-order valence-electron chi connectivity index (χ1n) is 6.37. The van der Waals surface area contributed by atoms with Crippen LogP contribution in [0.15, 0.2) is 5.10 Å². The van der Waals surface area contributed by atoms with Crippen LogP contribution in [0.25, 0.3) is 0 Å². The predicted octanol–water partition coefficient (Wildman–Crippen LogP) is -3.67. The molecular formula is C12H19N2NaO5S. The Labute approximate surface area is 147 Å². The number of carbonyl (C=O) groups excluding carboxylic acids is 1. The van der Waals surface area contributed by atoms with E-state index in [1.54, 1.807) is 4.68 Å². The molecule has 0 radical (unpaired) electrons. The Morgan fingerprint density at radius 2 is 1.95 bits per heavy atom. The molecule has 0 amide bonds. The molecule has 0 fully saturated rings. The Kier molecular flexibility index (Phi) is 7.72.